The molecule has 2 aromatic carbocycles. The van der Waals surface area contributed by atoms with Crippen molar-refractivity contribution >= 4 is 6.29 Å². The zero-order chi connectivity index (χ0) is 14.5. The van der Waals surface area contributed by atoms with Crippen molar-refractivity contribution in [1.82, 2.24) is 4.90 Å². The van der Waals surface area contributed by atoms with Gasteiger partial charge in [-0.2, -0.15) is 0 Å². The number of carbonyl (C=O) groups excluding carboxylic acids is 1. The number of ether oxygens (including phenoxy) is 1. The van der Waals surface area contributed by atoms with E-state index < -0.39 is 0 Å². The number of aldehydes is 1. The Morgan fingerprint density at radius 3 is 2.14 bits per heavy atom. The van der Waals surface area contributed by atoms with Crippen LogP contribution in [0, 0.1) is 0 Å². The van der Waals surface area contributed by atoms with Crippen LogP contribution in [0.3, 0.4) is 0 Å². The maximum absolute atomic E-state index is 11.5. The van der Waals surface area contributed by atoms with Crippen LogP contribution in [0.1, 0.15) is 11.6 Å². The van der Waals surface area contributed by atoms with Crippen LogP contribution in [-0.4, -0.2) is 37.5 Å². The SMILES string of the molecule is O=CC(c1ccc(-c2ccccc2)cc1)N1CCOCC1. The van der Waals surface area contributed by atoms with Crippen molar-refractivity contribution in [3.63, 3.8) is 0 Å². The summed E-state index contributed by atoms with van der Waals surface area (Å²) in [5.74, 6) is 0. The minimum absolute atomic E-state index is 0.168. The monoisotopic (exact) mass is 281 g/mol. The van der Waals surface area contributed by atoms with Gasteiger partial charge in [0.05, 0.1) is 19.3 Å². The van der Waals surface area contributed by atoms with E-state index in [0.717, 1.165) is 24.9 Å². The van der Waals surface area contributed by atoms with E-state index in [-0.39, 0.29) is 6.04 Å². The summed E-state index contributed by atoms with van der Waals surface area (Å²) in [6, 6.07) is 18.4. The van der Waals surface area contributed by atoms with Gasteiger partial charge < -0.3 is 9.53 Å². The Hall–Kier alpha value is -1.97. The molecule has 1 aliphatic rings. The average molecular weight is 281 g/mol. The third-order valence-electron chi connectivity index (χ3n) is 3.93. The quantitative estimate of drug-likeness (QED) is 0.807. The Kier molecular flexibility index (Phi) is 4.43. The number of morpholine rings is 1. The van der Waals surface area contributed by atoms with Crippen LogP contribution in [0.4, 0.5) is 0 Å². The number of benzene rings is 2. The van der Waals surface area contributed by atoms with Gasteiger partial charge >= 0.3 is 0 Å². The van der Waals surface area contributed by atoms with Crippen molar-refractivity contribution in [3.8, 4) is 11.1 Å². The normalized spacial score (nSPS) is 17.3. The summed E-state index contributed by atoms with van der Waals surface area (Å²) in [6.07, 6.45) is 1.03. The second kappa shape index (κ2) is 6.66. The largest absolute Gasteiger partial charge is 0.379 e. The van der Waals surface area contributed by atoms with Crippen molar-refractivity contribution in [2.75, 3.05) is 26.3 Å². The summed E-state index contributed by atoms with van der Waals surface area (Å²) in [4.78, 5) is 13.7. The molecule has 1 aliphatic heterocycles. The Labute approximate surface area is 125 Å². The molecular formula is C18H19NO2. The van der Waals surface area contributed by atoms with Crippen molar-refractivity contribution in [2.24, 2.45) is 0 Å². The van der Waals surface area contributed by atoms with Gasteiger partial charge in [-0.3, -0.25) is 4.90 Å². The van der Waals surface area contributed by atoms with Crippen LogP contribution in [0.2, 0.25) is 0 Å². The van der Waals surface area contributed by atoms with Gasteiger partial charge in [-0.1, -0.05) is 54.6 Å². The maximum Gasteiger partial charge on any atom is 0.141 e. The number of nitrogens with zero attached hydrogens (tertiary/aromatic N) is 1. The summed E-state index contributed by atoms with van der Waals surface area (Å²) >= 11 is 0. The smallest absolute Gasteiger partial charge is 0.141 e. The molecule has 0 saturated carbocycles. The van der Waals surface area contributed by atoms with Crippen LogP contribution >= 0.6 is 0 Å². The molecule has 0 bridgehead atoms. The molecule has 0 spiro atoms. The minimum atomic E-state index is -0.168. The molecule has 0 N–H and O–H groups in total. The molecule has 108 valence electrons. The third kappa shape index (κ3) is 3.20. The van der Waals surface area contributed by atoms with E-state index in [2.05, 4.69) is 41.3 Å². The van der Waals surface area contributed by atoms with Gasteiger partial charge in [-0.05, 0) is 16.7 Å². The van der Waals surface area contributed by atoms with Gasteiger partial charge in [0.1, 0.15) is 6.29 Å². The lowest BCUT2D eigenvalue weighted by atomic mass is 10.0. The van der Waals surface area contributed by atoms with Gasteiger partial charge in [0.15, 0.2) is 0 Å². The Morgan fingerprint density at radius 2 is 1.52 bits per heavy atom. The van der Waals surface area contributed by atoms with Crippen LogP contribution in [0.5, 0.6) is 0 Å². The van der Waals surface area contributed by atoms with E-state index in [1.54, 1.807) is 0 Å². The molecule has 1 fully saturated rings. The molecule has 3 rings (SSSR count). The van der Waals surface area contributed by atoms with Crippen molar-refractivity contribution < 1.29 is 9.53 Å². The Bertz CT molecular complexity index is 574. The van der Waals surface area contributed by atoms with Crippen LogP contribution in [0.25, 0.3) is 11.1 Å². The van der Waals surface area contributed by atoms with Crippen LogP contribution in [0.15, 0.2) is 54.6 Å². The molecule has 0 radical (unpaired) electrons. The molecule has 3 heteroatoms. The van der Waals surface area contributed by atoms with Gasteiger partial charge in [-0.15, -0.1) is 0 Å². The molecule has 0 aliphatic carbocycles. The highest BCUT2D eigenvalue weighted by molar-refractivity contribution is 5.66. The van der Waals surface area contributed by atoms with Gasteiger partial charge in [0, 0.05) is 13.1 Å². The minimum Gasteiger partial charge on any atom is -0.379 e. The number of carbonyl (C=O) groups is 1. The lowest BCUT2D eigenvalue weighted by Gasteiger charge is -2.31. The zero-order valence-electron chi connectivity index (χ0n) is 11.9. The lowest BCUT2D eigenvalue weighted by molar-refractivity contribution is -0.114. The second-order valence-corrected chi connectivity index (χ2v) is 5.22. The van der Waals surface area contributed by atoms with Gasteiger partial charge in [0.25, 0.3) is 0 Å². The number of rotatable bonds is 4. The van der Waals surface area contributed by atoms with E-state index in [1.165, 1.54) is 11.1 Å². The van der Waals surface area contributed by atoms with Crippen molar-refractivity contribution in [3.05, 3.63) is 60.2 Å². The Morgan fingerprint density at radius 1 is 0.905 bits per heavy atom. The summed E-state index contributed by atoms with van der Waals surface area (Å²) in [5, 5.41) is 0. The topological polar surface area (TPSA) is 29.5 Å². The van der Waals surface area contributed by atoms with E-state index in [0.29, 0.717) is 13.2 Å². The molecule has 1 unspecified atom stereocenters. The first-order chi connectivity index (χ1) is 10.4. The third-order valence-corrected chi connectivity index (χ3v) is 3.93. The number of hydrogen-bond donors (Lipinski definition) is 0. The molecule has 1 heterocycles. The predicted octanol–water partition coefficient (Wildman–Crippen LogP) is 2.93. The molecule has 2 aromatic rings. The number of hydrogen-bond acceptors (Lipinski definition) is 3. The first-order valence-corrected chi connectivity index (χ1v) is 7.31. The van der Waals surface area contributed by atoms with Gasteiger partial charge in [0.2, 0.25) is 0 Å². The first-order valence-electron chi connectivity index (χ1n) is 7.31. The Balaban J connectivity index is 1.80. The maximum atomic E-state index is 11.5. The fourth-order valence-corrected chi connectivity index (χ4v) is 2.73. The first kappa shape index (κ1) is 14.0. The van der Waals surface area contributed by atoms with Crippen molar-refractivity contribution in [2.45, 2.75) is 6.04 Å². The van der Waals surface area contributed by atoms with E-state index >= 15 is 0 Å². The van der Waals surface area contributed by atoms with E-state index in [9.17, 15) is 4.79 Å². The van der Waals surface area contributed by atoms with Crippen LogP contribution < -0.4 is 0 Å². The van der Waals surface area contributed by atoms with Gasteiger partial charge in [-0.25, -0.2) is 0 Å². The highest BCUT2D eigenvalue weighted by Gasteiger charge is 2.21. The molecule has 3 nitrogen and oxygen atoms in total. The molecule has 1 saturated heterocycles. The molecule has 0 aromatic heterocycles. The highest BCUT2D eigenvalue weighted by atomic mass is 16.5. The van der Waals surface area contributed by atoms with E-state index in [1.807, 2.05) is 18.2 Å². The summed E-state index contributed by atoms with van der Waals surface area (Å²) < 4.78 is 5.35. The second-order valence-electron chi connectivity index (χ2n) is 5.22. The fraction of sp³-hybridized carbons (Fsp3) is 0.278. The predicted molar refractivity (Wildman–Crippen MR) is 83.1 cm³/mol. The molecular weight excluding hydrogens is 262 g/mol. The average Bonchev–Trinajstić information content (AvgIpc) is 2.58. The van der Waals surface area contributed by atoms with E-state index in [4.69, 9.17) is 4.74 Å². The lowest BCUT2D eigenvalue weighted by Crippen LogP contribution is -2.39. The molecule has 21 heavy (non-hydrogen) atoms. The fourth-order valence-electron chi connectivity index (χ4n) is 2.73. The molecule has 0 amide bonds. The summed E-state index contributed by atoms with van der Waals surface area (Å²) in [5.41, 5.74) is 3.41. The standard InChI is InChI=1S/C18H19NO2/c20-14-18(19-10-12-21-13-11-19)17-8-6-16(7-9-17)15-4-2-1-3-5-15/h1-9,14,18H,10-13H2. The molecule has 1 atom stereocenters. The zero-order valence-corrected chi connectivity index (χ0v) is 11.9. The summed E-state index contributed by atoms with van der Waals surface area (Å²) in [7, 11) is 0. The van der Waals surface area contributed by atoms with Crippen LogP contribution in [-0.2, 0) is 9.53 Å². The summed E-state index contributed by atoms with van der Waals surface area (Å²) in [6.45, 7) is 3.02. The van der Waals surface area contributed by atoms with Crippen molar-refractivity contribution in [1.29, 1.82) is 0 Å². The highest BCUT2D eigenvalue weighted by Crippen LogP contribution is 2.24.